The van der Waals surface area contributed by atoms with Crippen molar-refractivity contribution in [3.63, 3.8) is 0 Å². The quantitative estimate of drug-likeness (QED) is 0.355. The lowest BCUT2D eigenvalue weighted by molar-refractivity contribution is 0.0873. The van der Waals surface area contributed by atoms with E-state index in [1.165, 1.54) is 16.3 Å². The molecule has 29 heavy (non-hydrogen) atoms. The van der Waals surface area contributed by atoms with Gasteiger partial charge in [0.1, 0.15) is 17.2 Å². The van der Waals surface area contributed by atoms with Crippen molar-refractivity contribution in [2.75, 3.05) is 0 Å². The molecule has 3 heteroatoms. The van der Waals surface area contributed by atoms with Crippen LogP contribution in [0.2, 0.25) is 0 Å². The molecule has 1 aromatic heterocycles. The summed E-state index contributed by atoms with van der Waals surface area (Å²) in [7, 11) is 0. The molecule has 0 fully saturated rings. The first-order valence-electron chi connectivity index (χ1n) is 10.2. The van der Waals surface area contributed by atoms with Crippen molar-refractivity contribution in [1.29, 1.82) is 0 Å². The molecule has 0 saturated carbocycles. The Kier molecular flexibility index (Phi) is 3.34. The minimum absolute atomic E-state index is 0.155. The first-order valence-corrected chi connectivity index (χ1v) is 10.2. The lowest BCUT2D eigenvalue weighted by atomic mass is 9.91. The second-order valence-corrected chi connectivity index (χ2v) is 8.55. The zero-order valence-electron chi connectivity index (χ0n) is 16.6. The number of benzene rings is 4. The summed E-state index contributed by atoms with van der Waals surface area (Å²) in [5, 5.41) is 4.76. The maximum atomic E-state index is 6.47. The molecule has 1 N–H and O–H groups in total. The number of fused-ring (bicyclic) bond motifs is 7. The molecule has 0 spiro atoms. The lowest BCUT2D eigenvalue weighted by Gasteiger charge is -2.33. The first-order chi connectivity index (χ1) is 14.1. The van der Waals surface area contributed by atoms with Gasteiger partial charge in [-0.05, 0) is 37.5 Å². The highest BCUT2D eigenvalue weighted by Gasteiger charge is 2.31. The third-order valence-corrected chi connectivity index (χ3v) is 6.10. The Morgan fingerprint density at radius 2 is 1.59 bits per heavy atom. The number of nitrogens with zero attached hydrogens (tertiary/aromatic N) is 1. The highest BCUT2D eigenvalue weighted by Crippen LogP contribution is 2.44. The number of aryl methyl sites for hydroxylation is 1. The third-order valence-electron chi connectivity index (χ3n) is 6.10. The van der Waals surface area contributed by atoms with Gasteiger partial charge < -0.3 is 9.72 Å². The number of hydrogen-bond acceptors (Lipinski definition) is 2. The summed E-state index contributed by atoms with van der Waals surface area (Å²) in [6, 6.07) is 23.4. The molecule has 0 radical (unpaired) electrons. The summed E-state index contributed by atoms with van der Waals surface area (Å²) in [6.45, 7) is 4.34. The maximum Gasteiger partial charge on any atom is 0.139 e. The van der Waals surface area contributed by atoms with Crippen molar-refractivity contribution in [2.24, 2.45) is 0 Å². The van der Waals surface area contributed by atoms with E-state index in [-0.39, 0.29) is 5.60 Å². The minimum Gasteiger partial charge on any atom is -0.487 e. The molecule has 3 nitrogen and oxygen atoms in total. The van der Waals surface area contributed by atoms with Crippen molar-refractivity contribution in [3.8, 4) is 17.1 Å². The van der Waals surface area contributed by atoms with Crippen LogP contribution >= 0.6 is 0 Å². The SMILES string of the molecule is CC1(C)CCc2c(c3ccccc3c3[nH]c(-c4cccc5ccccc45)nc23)O1. The van der Waals surface area contributed by atoms with E-state index in [4.69, 9.17) is 9.72 Å². The van der Waals surface area contributed by atoms with Crippen LogP contribution in [0.25, 0.3) is 44.0 Å². The average Bonchev–Trinajstić information content (AvgIpc) is 3.18. The van der Waals surface area contributed by atoms with Gasteiger partial charge in [0, 0.05) is 21.9 Å². The van der Waals surface area contributed by atoms with Gasteiger partial charge in [0.05, 0.1) is 11.0 Å². The molecule has 0 amide bonds. The van der Waals surface area contributed by atoms with Crippen molar-refractivity contribution in [1.82, 2.24) is 9.97 Å². The Labute approximate surface area is 169 Å². The van der Waals surface area contributed by atoms with Gasteiger partial charge in [0.25, 0.3) is 0 Å². The fourth-order valence-corrected chi connectivity index (χ4v) is 4.62. The van der Waals surface area contributed by atoms with Crippen LogP contribution in [0.4, 0.5) is 0 Å². The van der Waals surface area contributed by atoms with E-state index in [1.54, 1.807) is 0 Å². The smallest absolute Gasteiger partial charge is 0.139 e. The largest absolute Gasteiger partial charge is 0.487 e. The number of imidazole rings is 1. The second-order valence-electron chi connectivity index (χ2n) is 8.55. The van der Waals surface area contributed by atoms with Crippen LogP contribution in [0, 0.1) is 0 Å². The highest BCUT2D eigenvalue weighted by atomic mass is 16.5. The van der Waals surface area contributed by atoms with Gasteiger partial charge in [0.2, 0.25) is 0 Å². The summed E-state index contributed by atoms with van der Waals surface area (Å²) in [5.74, 6) is 1.92. The Bertz CT molecular complexity index is 1410. The van der Waals surface area contributed by atoms with Gasteiger partial charge in [-0.15, -0.1) is 0 Å². The van der Waals surface area contributed by atoms with Crippen LogP contribution in [0.3, 0.4) is 0 Å². The Balaban J connectivity index is 1.69. The maximum absolute atomic E-state index is 6.47. The normalized spacial score (nSPS) is 15.5. The van der Waals surface area contributed by atoms with Gasteiger partial charge in [-0.25, -0.2) is 4.98 Å². The fourth-order valence-electron chi connectivity index (χ4n) is 4.62. The first kappa shape index (κ1) is 16.6. The molecule has 0 bridgehead atoms. The standard InChI is InChI=1S/C26H22N2O/c1-26(2)15-14-21-23-22(18-11-5-6-12-19(18)24(21)29-26)27-25(28-23)20-13-7-9-16-8-3-4-10-17(16)20/h3-13H,14-15H2,1-2H3,(H,27,28). The molecular formula is C26H22N2O. The van der Waals surface area contributed by atoms with Crippen molar-refractivity contribution in [3.05, 3.63) is 72.3 Å². The third kappa shape index (κ3) is 2.47. The number of rotatable bonds is 1. The molecule has 0 atom stereocenters. The van der Waals surface area contributed by atoms with E-state index in [9.17, 15) is 0 Å². The van der Waals surface area contributed by atoms with Crippen LogP contribution < -0.4 is 4.74 Å². The molecule has 142 valence electrons. The van der Waals surface area contributed by atoms with E-state index >= 15 is 0 Å². The molecule has 0 saturated heterocycles. The highest BCUT2D eigenvalue weighted by molar-refractivity contribution is 6.10. The monoisotopic (exact) mass is 378 g/mol. The van der Waals surface area contributed by atoms with E-state index in [0.717, 1.165) is 51.8 Å². The van der Waals surface area contributed by atoms with Crippen LogP contribution in [-0.4, -0.2) is 15.6 Å². The molecule has 5 aromatic rings. The van der Waals surface area contributed by atoms with E-state index in [2.05, 4.69) is 85.6 Å². The van der Waals surface area contributed by atoms with Crippen molar-refractivity contribution >= 4 is 32.6 Å². The summed E-state index contributed by atoms with van der Waals surface area (Å²) in [6.07, 6.45) is 1.97. The minimum atomic E-state index is -0.155. The van der Waals surface area contributed by atoms with Crippen LogP contribution in [-0.2, 0) is 6.42 Å². The van der Waals surface area contributed by atoms with Gasteiger partial charge in [-0.2, -0.15) is 0 Å². The number of nitrogens with one attached hydrogen (secondary N) is 1. The van der Waals surface area contributed by atoms with Crippen molar-refractivity contribution < 1.29 is 4.74 Å². The van der Waals surface area contributed by atoms with Crippen molar-refractivity contribution in [2.45, 2.75) is 32.3 Å². The van der Waals surface area contributed by atoms with E-state index in [1.807, 2.05) is 0 Å². The average molecular weight is 378 g/mol. The van der Waals surface area contributed by atoms with Gasteiger partial charge >= 0.3 is 0 Å². The number of aromatic nitrogens is 2. The molecule has 4 aromatic carbocycles. The predicted octanol–water partition coefficient (Wildman–Crippen LogP) is 6.64. The van der Waals surface area contributed by atoms with Gasteiger partial charge in [0.15, 0.2) is 0 Å². The number of hydrogen-bond donors (Lipinski definition) is 1. The van der Waals surface area contributed by atoms with Crippen LogP contribution in [0.5, 0.6) is 5.75 Å². The second kappa shape index (κ2) is 5.84. The molecule has 6 rings (SSSR count). The molecule has 1 aliphatic rings. The molecule has 2 heterocycles. The molecule has 0 aliphatic carbocycles. The van der Waals surface area contributed by atoms with Gasteiger partial charge in [-0.3, -0.25) is 0 Å². The molecular weight excluding hydrogens is 356 g/mol. The lowest BCUT2D eigenvalue weighted by Crippen LogP contribution is -2.32. The summed E-state index contributed by atoms with van der Waals surface area (Å²) >= 11 is 0. The topological polar surface area (TPSA) is 37.9 Å². The Hall–Kier alpha value is -3.33. The number of ether oxygens (including phenoxy) is 1. The number of aromatic amines is 1. The van der Waals surface area contributed by atoms with Gasteiger partial charge in [-0.1, -0.05) is 66.7 Å². The Morgan fingerprint density at radius 3 is 2.45 bits per heavy atom. The molecule has 1 aliphatic heterocycles. The summed E-state index contributed by atoms with van der Waals surface area (Å²) in [5.41, 5.74) is 4.34. The van der Waals surface area contributed by atoms with Crippen LogP contribution in [0.15, 0.2) is 66.7 Å². The zero-order chi connectivity index (χ0) is 19.6. The molecule has 0 unspecified atom stereocenters. The predicted molar refractivity (Wildman–Crippen MR) is 120 cm³/mol. The summed E-state index contributed by atoms with van der Waals surface area (Å²) < 4.78 is 6.47. The number of H-pyrrole nitrogens is 1. The summed E-state index contributed by atoms with van der Waals surface area (Å²) in [4.78, 5) is 8.76. The van der Waals surface area contributed by atoms with E-state index < -0.39 is 0 Å². The zero-order valence-corrected chi connectivity index (χ0v) is 16.6. The van der Waals surface area contributed by atoms with E-state index in [0.29, 0.717) is 0 Å². The fraction of sp³-hybridized carbons (Fsp3) is 0.192. The van der Waals surface area contributed by atoms with Crippen LogP contribution in [0.1, 0.15) is 25.8 Å². The Morgan fingerprint density at radius 1 is 0.862 bits per heavy atom.